The van der Waals surface area contributed by atoms with Gasteiger partial charge in [0.25, 0.3) is 0 Å². The van der Waals surface area contributed by atoms with Crippen LogP contribution in [0.2, 0.25) is 0 Å². The molecule has 4 amide bonds. The molecule has 0 aliphatic rings. The summed E-state index contributed by atoms with van der Waals surface area (Å²) in [5.41, 5.74) is 1.59. The van der Waals surface area contributed by atoms with Crippen LogP contribution >= 0.6 is 11.3 Å². The van der Waals surface area contributed by atoms with Gasteiger partial charge in [0.05, 0.1) is 36.2 Å². The zero-order valence-electron chi connectivity index (χ0n) is 31.4. The molecule has 0 spiro atoms. The van der Waals surface area contributed by atoms with Gasteiger partial charge in [0.1, 0.15) is 18.7 Å². The molecule has 7 atom stereocenters. The lowest BCUT2D eigenvalue weighted by Gasteiger charge is -2.31. The zero-order chi connectivity index (χ0) is 39.0. The van der Waals surface area contributed by atoms with Crippen LogP contribution in [0.5, 0.6) is 0 Å². The summed E-state index contributed by atoms with van der Waals surface area (Å²) in [5, 5.41) is 36.6. The molecule has 0 radical (unpaired) electrons. The summed E-state index contributed by atoms with van der Waals surface area (Å²) < 4.78 is 5.48. The van der Waals surface area contributed by atoms with Crippen LogP contribution in [0.4, 0.5) is 4.79 Å². The number of ether oxygens (including phenoxy) is 1. The number of carbonyl (C=O) groups is 4. The number of amides is 4. The van der Waals surface area contributed by atoms with Crippen molar-refractivity contribution in [1.29, 1.82) is 0 Å². The lowest BCUT2D eigenvalue weighted by molar-refractivity contribution is -0.131. The molecular weight excluding hydrogens is 707 g/mol. The average Bonchev–Trinajstić information content (AvgIpc) is 3.70. The van der Waals surface area contributed by atoms with Crippen molar-refractivity contribution >= 4 is 45.9 Å². The maximum absolute atomic E-state index is 14.2. The van der Waals surface area contributed by atoms with E-state index in [9.17, 15) is 29.4 Å². The number of aliphatic hydroxyl groups is 2. The summed E-state index contributed by atoms with van der Waals surface area (Å²) in [7, 11) is 0. The van der Waals surface area contributed by atoms with Crippen molar-refractivity contribution in [2.24, 2.45) is 11.8 Å². The van der Waals surface area contributed by atoms with Crippen molar-refractivity contribution in [2.75, 3.05) is 6.61 Å². The van der Waals surface area contributed by atoms with Gasteiger partial charge in [-0.3, -0.25) is 14.4 Å². The Morgan fingerprint density at radius 3 is 2.15 bits per heavy atom. The van der Waals surface area contributed by atoms with E-state index in [0.717, 1.165) is 28.3 Å². The predicted molar refractivity (Wildman–Crippen MR) is 209 cm³/mol. The van der Waals surface area contributed by atoms with Crippen LogP contribution in [0.3, 0.4) is 0 Å². The van der Waals surface area contributed by atoms with E-state index >= 15 is 0 Å². The maximum Gasteiger partial charge on any atom is 0.408 e. The summed E-state index contributed by atoms with van der Waals surface area (Å²) in [4.78, 5) is 58.7. The van der Waals surface area contributed by atoms with Gasteiger partial charge < -0.3 is 36.2 Å². The third-order valence-corrected chi connectivity index (χ3v) is 10.7. The summed E-state index contributed by atoms with van der Waals surface area (Å²) in [6, 6.07) is 19.1. The summed E-state index contributed by atoms with van der Waals surface area (Å²) in [6.07, 6.45) is 0.744. The highest BCUT2D eigenvalue weighted by Crippen LogP contribution is 2.21. The standard InChI is InChI=1S/C41H53N5O7S/c1-5-26(3)34(24-47)43-36(49)23-35(48)38(27(4)6-2)46-40(51)33(22-37-42-19-20-54-37)44-39(50)32(45-41(52)53-25-28-13-8-7-9-14-28)21-30-17-12-16-29-15-10-11-18-31(29)30/h7-20,26-27,32-35,38,47-48H,5-6,21-25H2,1-4H3,(H,43,49)(H,44,50)(H,45,52)(H,46,51)/t26?,27?,32-,33-,34+,35?,38?/m0/s1. The number of nitrogens with one attached hydrogen (secondary N) is 4. The second kappa shape index (κ2) is 21.1. The Labute approximate surface area is 321 Å². The van der Waals surface area contributed by atoms with Crippen LogP contribution in [0, 0.1) is 11.8 Å². The van der Waals surface area contributed by atoms with Gasteiger partial charge >= 0.3 is 6.09 Å². The highest BCUT2D eigenvalue weighted by molar-refractivity contribution is 7.09. The fourth-order valence-corrected chi connectivity index (χ4v) is 6.85. The highest BCUT2D eigenvalue weighted by atomic mass is 32.1. The van der Waals surface area contributed by atoms with Gasteiger partial charge in [-0.05, 0) is 33.7 Å². The number of thiazole rings is 1. The molecule has 3 aromatic carbocycles. The Bertz CT molecular complexity index is 1790. The molecule has 0 fully saturated rings. The molecule has 54 heavy (non-hydrogen) atoms. The Kier molecular flexibility index (Phi) is 16.4. The molecular formula is C41H53N5O7S. The van der Waals surface area contributed by atoms with Crippen molar-refractivity contribution in [2.45, 2.75) is 96.7 Å². The first-order chi connectivity index (χ1) is 26.0. The summed E-state index contributed by atoms with van der Waals surface area (Å²) in [6.45, 7) is 7.43. The topological polar surface area (TPSA) is 179 Å². The number of aromatic nitrogens is 1. The van der Waals surface area contributed by atoms with Gasteiger partial charge in [-0.2, -0.15) is 0 Å². The average molecular weight is 760 g/mol. The fourth-order valence-electron chi connectivity index (χ4n) is 6.19. The number of fused-ring (bicyclic) bond motifs is 1. The molecule has 13 heteroatoms. The maximum atomic E-state index is 14.2. The molecule has 290 valence electrons. The van der Waals surface area contributed by atoms with E-state index in [1.807, 2.05) is 100 Å². The third-order valence-electron chi connectivity index (χ3n) is 9.87. The monoisotopic (exact) mass is 759 g/mol. The van der Waals surface area contributed by atoms with Crippen LogP contribution in [0.25, 0.3) is 10.8 Å². The van der Waals surface area contributed by atoms with Crippen molar-refractivity contribution < 1.29 is 34.1 Å². The Morgan fingerprint density at radius 2 is 1.46 bits per heavy atom. The van der Waals surface area contributed by atoms with Crippen LogP contribution in [0.1, 0.15) is 63.1 Å². The number of rotatable bonds is 20. The first-order valence-corrected chi connectivity index (χ1v) is 19.4. The van der Waals surface area contributed by atoms with Crippen LogP contribution < -0.4 is 21.3 Å². The Balaban J connectivity index is 1.56. The predicted octanol–water partition coefficient (Wildman–Crippen LogP) is 4.67. The Morgan fingerprint density at radius 1 is 0.796 bits per heavy atom. The minimum atomic E-state index is -1.25. The second-order valence-corrected chi connectivity index (χ2v) is 14.7. The molecule has 0 saturated carbocycles. The summed E-state index contributed by atoms with van der Waals surface area (Å²) in [5.74, 6) is -1.85. The van der Waals surface area contributed by atoms with Gasteiger partial charge in [-0.25, -0.2) is 9.78 Å². The third kappa shape index (κ3) is 12.4. The lowest BCUT2D eigenvalue weighted by Crippen LogP contribution is -2.58. The van der Waals surface area contributed by atoms with E-state index in [0.29, 0.717) is 11.4 Å². The normalized spacial score (nSPS) is 15.1. The smallest absolute Gasteiger partial charge is 0.408 e. The molecule has 0 aliphatic heterocycles. The number of hydrogen-bond donors (Lipinski definition) is 6. The number of nitrogens with zero attached hydrogens (tertiary/aromatic N) is 1. The number of alkyl carbamates (subject to hydrolysis) is 1. The largest absolute Gasteiger partial charge is 0.445 e. The van der Waals surface area contributed by atoms with Crippen molar-refractivity contribution in [3.8, 4) is 0 Å². The van der Waals surface area contributed by atoms with E-state index < -0.39 is 54.1 Å². The first kappa shape index (κ1) is 41.9. The molecule has 4 aromatic rings. The molecule has 0 aliphatic carbocycles. The van der Waals surface area contributed by atoms with Gasteiger partial charge in [-0.15, -0.1) is 11.3 Å². The number of aliphatic hydroxyl groups excluding tert-OH is 2. The minimum absolute atomic E-state index is 0.00000516. The highest BCUT2D eigenvalue weighted by Gasteiger charge is 2.34. The molecule has 12 nitrogen and oxygen atoms in total. The molecule has 1 heterocycles. The van der Waals surface area contributed by atoms with E-state index in [-0.39, 0.29) is 44.3 Å². The van der Waals surface area contributed by atoms with E-state index in [4.69, 9.17) is 4.74 Å². The Hall–Kier alpha value is -4.85. The first-order valence-electron chi connectivity index (χ1n) is 18.5. The quantitative estimate of drug-likeness (QED) is 0.0753. The molecule has 0 saturated heterocycles. The van der Waals surface area contributed by atoms with Crippen molar-refractivity contribution in [1.82, 2.24) is 26.3 Å². The molecule has 6 N–H and O–H groups in total. The molecule has 1 aromatic heterocycles. The number of benzene rings is 3. The lowest BCUT2D eigenvalue weighted by atomic mass is 9.91. The van der Waals surface area contributed by atoms with Crippen molar-refractivity contribution in [3.63, 3.8) is 0 Å². The van der Waals surface area contributed by atoms with Crippen LogP contribution in [-0.4, -0.2) is 75.9 Å². The second-order valence-electron chi connectivity index (χ2n) is 13.7. The van der Waals surface area contributed by atoms with Gasteiger partial charge in [-0.1, -0.05) is 113 Å². The molecule has 4 unspecified atom stereocenters. The van der Waals surface area contributed by atoms with Gasteiger partial charge in [0, 0.05) is 24.4 Å². The van der Waals surface area contributed by atoms with Crippen LogP contribution in [0.15, 0.2) is 84.4 Å². The molecule has 0 bridgehead atoms. The fraction of sp³-hybridized carbons (Fsp3) is 0.439. The van der Waals surface area contributed by atoms with E-state index in [1.165, 1.54) is 11.3 Å². The minimum Gasteiger partial charge on any atom is -0.445 e. The SMILES string of the molecule is CCC(C)C(NC(=O)[C@H](Cc1nccs1)NC(=O)[C@H](Cc1cccc2ccccc12)NC(=O)OCc1ccccc1)C(O)CC(=O)N[C@H](CO)C(C)CC. The van der Waals surface area contributed by atoms with Gasteiger partial charge in [0.15, 0.2) is 0 Å². The van der Waals surface area contributed by atoms with E-state index in [1.54, 1.807) is 11.6 Å². The van der Waals surface area contributed by atoms with Crippen molar-refractivity contribution in [3.05, 3.63) is 101 Å². The number of hydrogen-bond acceptors (Lipinski definition) is 9. The summed E-state index contributed by atoms with van der Waals surface area (Å²) >= 11 is 1.32. The number of carbonyl (C=O) groups excluding carboxylic acids is 4. The zero-order valence-corrected chi connectivity index (χ0v) is 32.2. The van der Waals surface area contributed by atoms with E-state index in [2.05, 4.69) is 26.3 Å². The molecule has 4 rings (SSSR count). The van der Waals surface area contributed by atoms with Crippen LogP contribution in [-0.2, 0) is 38.6 Å². The van der Waals surface area contributed by atoms with Gasteiger partial charge in [0.2, 0.25) is 17.7 Å².